The van der Waals surface area contributed by atoms with Crippen molar-refractivity contribution in [1.29, 1.82) is 0 Å². The van der Waals surface area contributed by atoms with E-state index in [0.717, 1.165) is 22.5 Å². The molecule has 19 heavy (non-hydrogen) atoms. The predicted molar refractivity (Wildman–Crippen MR) is 74.4 cm³/mol. The van der Waals surface area contributed by atoms with Gasteiger partial charge >= 0.3 is 5.97 Å². The second-order valence-corrected chi connectivity index (χ2v) is 4.52. The SMILES string of the molecule is Cc1ccc(CNc2ccc(C(=O)O)cc2C)nc1. The lowest BCUT2D eigenvalue weighted by Gasteiger charge is -2.10. The number of pyridine rings is 1. The molecule has 0 radical (unpaired) electrons. The second kappa shape index (κ2) is 5.52. The smallest absolute Gasteiger partial charge is 0.335 e. The highest BCUT2D eigenvalue weighted by Crippen LogP contribution is 2.17. The number of nitrogens with zero attached hydrogens (tertiary/aromatic N) is 1. The monoisotopic (exact) mass is 256 g/mol. The summed E-state index contributed by atoms with van der Waals surface area (Å²) in [5, 5.41) is 12.2. The molecule has 0 aliphatic heterocycles. The molecule has 2 aromatic rings. The summed E-state index contributed by atoms with van der Waals surface area (Å²) in [4.78, 5) is 15.2. The lowest BCUT2D eigenvalue weighted by atomic mass is 10.1. The highest BCUT2D eigenvalue weighted by molar-refractivity contribution is 5.88. The number of hydrogen-bond acceptors (Lipinski definition) is 3. The maximum atomic E-state index is 10.8. The fraction of sp³-hybridized carbons (Fsp3) is 0.200. The van der Waals surface area contributed by atoms with E-state index in [1.54, 1.807) is 18.2 Å². The summed E-state index contributed by atoms with van der Waals surface area (Å²) in [6.45, 7) is 4.50. The highest BCUT2D eigenvalue weighted by atomic mass is 16.4. The van der Waals surface area contributed by atoms with Crippen LogP contribution in [-0.2, 0) is 6.54 Å². The number of carbonyl (C=O) groups is 1. The minimum absolute atomic E-state index is 0.302. The van der Waals surface area contributed by atoms with E-state index >= 15 is 0 Å². The summed E-state index contributed by atoms with van der Waals surface area (Å²) >= 11 is 0. The van der Waals surface area contributed by atoms with Crippen molar-refractivity contribution in [3.8, 4) is 0 Å². The van der Waals surface area contributed by atoms with E-state index in [1.807, 2.05) is 32.2 Å². The number of hydrogen-bond donors (Lipinski definition) is 2. The molecule has 0 atom stereocenters. The van der Waals surface area contributed by atoms with Crippen LogP contribution < -0.4 is 5.32 Å². The topological polar surface area (TPSA) is 62.2 Å². The number of nitrogens with one attached hydrogen (secondary N) is 1. The zero-order valence-electron chi connectivity index (χ0n) is 11.0. The number of aryl methyl sites for hydroxylation is 2. The number of aromatic nitrogens is 1. The normalized spacial score (nSPS) is 10.2. The average Bonchev–Trinajstić information content (AvgIpc) is 2.39. The lowest BCUT2D eigenvalue weighted by molar-refractivity contribution is 0.0697. The quantitative estimate of drug-likeness (QED) is 0.882. The third-order valence-corrected chi connectivity index (χ3v) is 2.91. The molecular formula is C15H16N2O2. The molecule has 2 N–H and O–H groups in total. The number of rotatable bonds is 4. The maximum absolute atomic E-state index is 10.8. The molecule has 1 aromatic carbocycles. The molecule has 2 rings (SSSR count). The summed E-state index contributed by atoms with van der Waals surface area (Å²) < 4.78 is 0. The fourth-order valence-electron chi connectivity index (χ4n) is 1.78. The van der Waals surface area contributed by atoms with Crippen LogP contribution in [0.1, 0.15) is 27.2 Å². The van der Waals surface area contributed by atoms with E-state index in [-0.39, 0.29) is 0 Å². The Morgan fingerprint density at radius 2 is 2.05 bits per heavy atom. The van der Waals surface area contributed by atoms with Crippen molar-refractivity contribution in [2.24, 2.45) is 0 Å². The Balaban J connectivity index is 2.07. The van der Waals surface area contributed by atoms with Gasteiger partial charge in [-0.1, -0.05) is 6.07 Å². The molecule has 4 nitrogen and oxygen atoms in total. The molecule has 0 saturated heterocycles. The first-order valence-corrected chi connectivity index (χ1v) is 6.05. The van der Waals surface area contributed by atoms with Crippen LogP contribution in [0.2, 0.25) is 0 Å². The Kier molecular flexibility index (Phi) is 3.80. The Morgan fingerprint density at radius 3 is 2.63 bits per heavy atom. The van der Waals surface area contributed by atoms with Crippen LogP contribution >= 0.6 is 0 Å². The Labute approximate surface area is 112 Å². The summed E-state index contributed by atoms with van der Waals surface area (Å²) in [5.41, 5.74) is 4.22. The molecule has 0 aliphatic carbocycles. The van der Waals surface area contributed by atoms with Crippen molar-refractivity contribution in [3.63, 3.8) is 0 Å². The molecule has 0 amide bonds. The molecule has 0 unspecified atom stereocenters. The van der Waals surface area contributed by atoms with Gasteiger partial charge in [-0.15, -0.1) is 0 Å². The molecule has 0 fully saturated rings. The van der Waals surface area contributed by atoms with Crippen LogP contribution in [-0.4, -0.2) is 16.1 Å². The van der Waals surface area contributed by atoms with Gasteiger partial charge in [0.05, 0.1) is 17.8 Å². The Bertz CT molecular complexity index is 592. The first-order chi connectivity index (χ1) is 9.06. The molecule has 1 aromatic heterocycles. The van der Waals surface area contributed by atoms with Gasteiger partial charge in [0.2, 0.25) is 0 Å². The van der Waals surface area contributed by atoms with Crippen LogP contribution in [0.15, 0.2) is 36.5 Å². The molecule has 1 heterocycles. The van der Waals surface area contributed by atoms with Crippen molar-refractivity contribution in [2.75, 3.05) is 5.32 Å². The van der Waals surface area contributed by atoms with Crippen molar-refractivity contribution < 1.29 is 9.90 Å². The van der Waals surface area contributed by atoms with Gasteiger partial charge in [-0.25, -0.2) is 4.79 Å². The Morgan fingerprint density at radius 1 is 1.26 bits per heavy atom. The molecule has 4 heteroatoms. The number of carboxylic acids is 1. The second-order valence-electron chi connectivity index (χ2n) is 4.52. The first-order valence-electron chi connectivity index (χ1n) is 6.05. The molecule has 98 valence electrons. The summed E-state index contributed by atoms with van der Waals surface area (Å²) in [6.07, 6.45) is 1.83. The van der Waals surface area contributed by atoms with Crippen LogP contribution in [0, 0.1) is 13.8 Å². The summed E-state index contributed by atoms with van der Waals surface area (Å²) in [5.74, 6) is -0.908. The Hall–Kier alpha value is -2.36. The number of benzene rings is 1. The van der Waals surface area contributed by atoms with E-state index in [0.29, 0.717) is 12.1 Å². The van der Waals surface area contributed by atoms with E-state index < -0.39 is 5.97 Å². The van der Waals surface area contributed by atoms with Crippen molar-refractivity contribution in [2.45, 2.75) is 20.4 Å². The molecule has 0 spiro atoms. The number of anilines is 1. The van der Waals surface area contributed by atoms with E-state index in [1.165, 1.54) is 0 Å². The zero-order chi connectivity index (χ0) is 13.8. The maximum Gasteiger partial charge on any atom is 0.335 e. The third kappa shape index (κ3) is 3.31. The van der Waals surface area contributed by atoms with E-state index in [4.69, 9.17) is 5.11 Å². The molecule has 0 aliphatic rings. The van der Waals surface area contributed by atoms with Gasteiger partial charge in [0.1, 0.15) is 0 Å². The molecule has 0 bridgehead atoms. The summed E-state index contributed by atoms with van der Waals surface area (Å²) in [6, 6.07) is 9.04. The lowest BCUT2D eigenvalue weighted by Crippen LogP contribution is -2.04. The first kappa shape index (κ1) is 13.1. The number of carboxylic acid groups (broad SMARTS) is 1. The van der Waals surface area contributed by atoms with Crippen LogP contribution in [0.5, 0.6) is 0 Å². The van der Waals surface area contributed by atoms with E-state index in [2.05, 4.69) is 10.3 Å². The van der Waals surface area contributed by atoms with Gasteiger partial charge < -0.3 is 10.4 Å². The fourth-order valence-corrected chi connectivity index (χ4v) is 1.78. The van der Waals surface area contributed by atoms with Crippen molar-refractivity contribution in [1.82, 2.24) is 4.98 Å². The van der Waals surface area contributed by atoms with Crippen molar-refractivity contribution >= 4 is 11.7 Å². The minimum Gasteiger partial charge on any atom is -0.478 e. The van der Waals surface area contributed by atoms with Gasteiger partial charge in [-0.05, 0) is 49.2 Å². The largest absolute Gasteiger partial charge is 0.478 e. The third-order valence-electron chi connectivity index (χ3n) is 2.91. The predicted octanol–water partition coefficient (Wildman–Crippen LogP) is 3.01. The van der Waals surface area contributed by atoms with E-state index in [9.17, 15) is 4.79 Å². The highest BCUT2D eigenvalue weighted by Gasteiger charge is 2.05. The molecular weight excluding hydrogens is 240 g/mol. The minimum atomic E-state index is -0.908. The van der Waals surface area contributed by atoms with Gasteiger partial charge in [0.15, 0.2) is 0 Å². The van der Waals surface area contributed by atoms with Crippen LogP contribution in [0.4, 0.5) is 5.69 Å². The van der Waals surface area contributed by atoms with Gasteiger partial charge in [0.25, 0.3) is 0 Å². The average molecular weight is 256 g/mol. The van der Waals surface area contributed by atoms with Crippen molar-refractivity contribution in [3.05, 3.63) is 58.9 Å². The number of aromatic carboxylic acids is 1. The summed E-state index contributed by atoms with van der Waals surface area (Å²) in [7, 11) is 0. The molecule has 0 saturated carbocycles. The van der Waals surface area contributed by atoms with Crippen LogP contribution in [0.3, 0.4) is 0 Å². The van der Waals surface area contributed by atoms with Crippen LogP contribution in [0.25, 0.3) is 0 Å². The van der Waals surface area contributed by atoms with Gasteiger partial charge in [0, 0.05) is 11.9 Å². The standard InChI is InChI=1S/C15H16N2O2/c1-10-3-5-13(16-8-10)9-17-14-6-4-12(15(18)19)7-11(14)2/h3-8,17H,9H2,1-2H3,(H,18,19). The zero-order valence-corrected chi connectivity index (χ0v) is 11.0. The van der Waals surface area contributed by atoms with Gasteiger partial charge in [-0.2, -0.15) is 0 Å². The van der Waals surface area contributed by atoms with Gasteiger partial charge in [-0.3, -0.25) is 4.98 Å².